The highest BCUT2D eigenvalue weighted by Gasteiger charge is 2.39. The molecule has 3 aromatic rings. The van der Waals surface area contributed by atoms with Crippen molar-refractivity contribution in [1.29, 1.82) is 0 Å². The van der Waals surface area contributed by atoms with Crippen molar-refractivity contribution in [2.75, 3.05) is 0 Å². The average molecular weight is 512 g/mol. The second-order valence-electron chi connectivity index (χ2n) is 7.72. The van der Waals surface area contributed by atoms with Crippen LogP contribution in [-0.2, 0) is 19.5 Å². The Balaban J connectivity index is 1.57. The monoisotopic (exact) mass is 511 g/mol. The molecule has 0 saturated carbocycles. The summed E-state index contributed by atoms with van der Waals surface area (Å²) in [5.74, 6) is -0.0271. The lowest BCUT2D eigenvalue weighted by Crippen LogP contribution is -2.37. The van der Waals surface area contributed by atoms with Crippen molar-refractivity contribution in [3.63, 3.8) is 0 Å². The Morgan fingerprint density at radius 3 is 2.38 bits per heavy atom. The minimum atomic E-state index is -4.89. The van der Waals surface area contributed by atoms with Gasteiger partial charge in [0.15, 0.2) is 11.9 Å². The van der Waals surface area contributed by atoms with E-state index >= 15 is 0 Å². The zero-order valence-corrected chi connectivity index (χ0v) is 19.0. The summed E-state index contributed by atoms with van der Waals surface area (Å²) < 4.78 is 40.8. The zero-order valence-electron chi connectivity index (χ0n) is 17.5. The van der Waals surface area contributed by atoms with Gasteiger partial charge in [-0.2, -0.15) is 23.4 Å². The Morgan fingerprint density at radius 1 is 1.03 bits per heavy atom. The Morgan fingerprint density at radius 2 is 1.71 bits per heavy atom. The zero-order chi connectivity index (χ0) is 24.5. The van der Waals surface area contributed by atoms with Gasteiger partial charge in [-0.25, -0.2) is 9.48 Å². The van der Waals surface area contributed by atoms with E-state index in [0.717, 1.165) is 20.5 Å². The highest BCUT2D eigenvalue weighted by molar-refractivity contribution is 6.31. The SMILES string of the molecule is O=c1n(CC2=NN=C(Cc3ccccc3Cl)C2)nc(-c2ccc(Cl)cc2)n1C[C@@H](O)C(F)(F)F. The Kier molecular flexibility index (Phi) is 6.92. The molecule has 0 saturated heterocycles. The summed E-state index contributed by atoms with van der Waals surface area (Å²) in [6, 6.07) is 13.4. The molecule has 4 rings (SSSR count). The van der Waals surface area contributed by atoms with Gasteiger partial charge in [0.1, 0.15) is 0 Å². The topological polar surface area (TPSA) is 84.8 Å². The molecular weight excluding hydrogens is 494 g/mol. The molecule has 1 aliphatic heterocycles. The molecule has 1 aliphatic rings. The fourth-order valence-corrected chi connectivity index (χ4v) is 3.79. The number of hydrogen-bond donors (Lipinski definition) is 1. The van der Waals surface area contributed by atoms with E-state index in [1.165, 1.54) is 24.3 Å². The van der Waals surface area contributed by atoms with Crippen molar-refractivity contribution >= 4 is 34.6 Å². The third-order valence-corrected chi connectivity index (χ3v) is 5.80. The van der Waals surface area contributed by atoms with Gasteiger partial charge in [0.2, 0.25) is 0 Å². The maximum Gasteiger partial charge on any atom is 0.416 e. The summed E-state index contributed by atoms with van der Waals surface area (Å²) in [5.41, 5.74) is 1.70. The standard InChI is InChI=1S/C22H18Cl2F3N5O2/c23-15-7-5-13(6-8-15)20-30-32(21(34)31(20)12-19(33)22(25,26)27)11-17-10-16(28-29-17)9-14-3-1-2-4-18(14)24/h1-8,19,33H,9-12H2/t19-/m1/s1. The Hall–Kier alpha value is -2.95. The molecule has 12 heteroatoms. The summed E-state index contributed by atoms with van der Waals surface area (Å²) in [7, 11) is 0. The minimum absolute atomic E-state index is 0.0271. The van der Waals surface area contributed by atoms with Crippen molar-refractivity contribution in [3.8, 4) is 11.4 Å². The van der Waals surface area contributed by atoms with Gasteiger partial charge in [-0.1, -0.05) is 41.4 Å². The van der Waals surface area contributed by atoms with E-state index < -0.39 is 24.5 Å². The van der Waals surface area contributed by atoms with E-state index in [-0.39, 0.29) is 12.4 Å². The first-order chi connectivity index (χ1) is 16.1. The van der Waals surface area contributed by atoms with Gasteiger partial charge < -0.3 is 5.11 Å². The summed E-state index contributed by atoms with van der Waals surface area (Å²) in [6.45, 7) is -1.06. The maximum atomic E-state index is 13.0. The molecule has 1 N–H and O–H groups in total. The summed E-state index contributed by atoms with van der Waals surface area (Å²) in [6.07, 6.45) is -6.78. The van der Waals surface area contributed by atoms with E-state index in [9.17, 15) is 23.1 Å². The van der Waals surface area contributed by atoms with Crippen LogP contribution in [0.4, 0.5) is 13.2 Å². The summed E-state index contributed by atoms with van der Waals surface area (Å²) in [4.78, 5) is 12.9. The molecule has 2 aromatic carbocycles. The van der Waals surface area contributed by atoms with Crippen LogP contribution in [0.3, 0.4) is 0 Å². The van der Waals surface area contributed by atoms with Crippen molar-refractivity contribution in [2.24, 2.45) is 10.2 Å². The minimum Gasteiger partial charge on any atom is -0.382 e. The van der Waals surface area contributed by atoms with Gasteiger partial charge in [0, 0.05) is 28.5 Å². The molecule has 0 unspecified atom stereocenters. The molecule has 1 atom stereocenters. The van der Waals surface area contributed by atoms with Crippen molar-refractivity contribution in [3.05, 3.63) is 74.6 Å². The molecule has 0 fully saturated rings. The molecule has 0 aliphatic carbocycles. The molecule has 0 spiro atoms. The van der Waals surface area contributed by atoms with E-state index in [1.54, 1.807) is 6.07 Å². The number of aromatic nitrogens is 3. The first-order valence-corrected chi connectivity index (χ1v) is 10.9. The van der Waals surface area contributed by atoms with Crippen LogP contribution in [0.15, 0.2) is 63.5 Å². The summed E-state index contributed by atoms with van der Waals surface area (Å²) in [5, 5.41) is 23.1. The number of rotatable bonds is 7. The molecule has 0 radical (unpaired) electrons. The van der Waals surface area contributed by atoms with E-state index in [4.69, 9.17) is 23.2 Å². The van der Waals surface area contributed by atoms with Gasteiger partial charge in [0.05, 0.1) is 24.5 Å². The normalized spacial score (nSPS) is 14.8. The van der Waals surface area contributed by atoms with E-state index in [1.807, 2.05) is 18.2 Å². The molecule has 7 nitrogen and oxygen atoms in total. The van der Waals surface area contributed by atoms with Gasteiger partial charge >= 0.3 is 11.9 Å². The molecular formula is C22H18Cl2F3N5O2. The molecule has 1 aromatic heterocycles. The number of nitrogens with zero attached hydrogens (tertiary/aromatic N) is 5. The van der Waals surface area contributed by atoms with Crippen molar-refractivity contribution in [1.82, 2.24) is 14.3 Å². The third kappa shape index (κ3) is 5.40. The van der Waals surface area contributed by atoms with Crippen LogP contribution < -0.4 is 5.69 Å². The smallest absolute Gasteiger partial charge is 0.382 e. The van der Waals surface area contributed by atoms with Crippen LogP contribution in [-0.4, -0.2) is 43.2 Å². The highest BCUT2D eigenvalue weighted by atomic mass is 35.5. The molecule has 34 heavy (non-hydrogen) atoms. The highest BCUT2D eigenvalue weighted by Crippen LogP contribution is 2.24. The number of aliphatic hydroxyl groups excluding tert-OH is 1. The van der Waals surface area contributed by atoms with Crippen LogP contribution in [0.2, 0.25) is 10.0 Å². The number of benzene rings is 2. The Bertz CT molecular complexity index is 1310. The lowest BCUT2D eigenvalue weighted by molar-refractivity contribution is -0.207. The first-order valence-electron chi connectivity index (χ1n) is 10.1. The second kappa shape index (κ2) is 9.73. The Labute approximate surface area is 201 Å². The number of aliphatic hydroxyl groups is 1. The van der Waals surface area contributed by atoms with E-state index in [2.05, 4.69) is 15.3 Å². The fraction of sp³-hybridized carbons (Fsp3) is 0.273. The largest absolute Gasteiger partial charge is 0.416 e. The first kappa shape index (κ1) is 24.2. The predicted molar refractivity (Wildman–Crippen MR) is 124 cm³/mol. The lowest BCUT2D eigenvalue weighted by atomic mass is 10.0. The van der Waals surface area contributed by atoms with Gasteiger partial charge in [-0.05, 0) is 35.9 Å². The van der Waals surface area contributed by atoms with Crippen LogP contribution in [0, 0.1) is 0 Å². The quantitative estimate of drug-likeness (QED) is 0.510. The lowest BCUT2D eigenvalue weighted by Gasteiger charge is -2.15. The molecule has 0 amide bonds. The van der Waals surface area contributed by atoms with Crippen molar-refractivity contribution < 1.29 is 18.3 Å². The van der Waals surface area contributed by atoms with Gasteiger partial charge in [0.25, 0.3) is 0 Å². The van der Waals surface area contributed by atoms with E-state index in [0.29, 0.717) is 34.2 Å². The molecule has 0 bridgehead atoms. The average Bonchev–Trinajstić information content (AvgIpc) is 3.35. The van der Waals surface area contributed by atoms with Crippen LogP contribution in [0.1, 0.15) is 12.0 Å². The fourth-order valence-electron chi connectivity index (χ4n) is 3.47. The third-order valence-electron chi connectivity index (χ3n) is 5.18. The van der Waals surface area contributed by atoms with Crippen molar-refractivity contribution in [2.45, 2.75) is 38.2 Å². The van der Waals surface area contributed by atoms with Gasteiger partial charge in [-0.15, -0.1) is 5.10 Å². The van der Waals surface area contributed by atoms with Crippen LogP contribution >= 0.6 is 23.2 Å². The molecule has 2 heterocycles. The van der Waals surface area contributed by atoms with Crippen LogP contribution in [0.25, 0.3) is 11.4 Å². The van der Waals surface area contributed by atoms with Gasteiger partial charge in [-0.3, -0.25) is 4.57 Å². The summed E-state index contributed by atoms with van der Waals surface area (Å²) >= 11 is 12.1. The molecule has 178 valence electrons. The number of alkyl halides is 3. The number of halogens is 5. The number of hydrogen-bond acceptors (Lipinski definition) is 5. The maximum absolute atomic E-state index is 13.0. The van der Waals surface area contributed by atoms with Crippen LogP contribution in [0.5, 0.6) is 0 Å². The predicted octanol–water partition coefficient (Wildman–Crippen LogP) is 4.39. The second-order valence-corrected chi connectivity index (χ2v) is 8.56.